The summed E-state index contributed by atoms with van der Waals surface area (Å²) in [6.45, 7) is 28.6. The predicted molar refractivity (Wildman–Crippen MR) is 254 cm³/mol. The summed E-state index contributed by atoms with van der Waals surface area (Å²) in [6, 6.07) is 42.9. The van der Waals surface area contributed by atoms with Gasteiger partial charge < -0.3 is 4.74 Å². The number of carbonyl (C=O) groups is 2. The zero-order chi connectivity index (χ0) is 44.5. The van der Waals surface area contributed by atoms with Crippen molar-refractivity contribution in [2.75, 3.05) is 7.11 Å². The molecule has 2 atom stereocenters. The van der Waals surface area contributed by atoms with Crippen molar-refractivity contribution in [2.24, 2.45) is 5.41 Å². The number of benzene rings is 5. The van der Waals surface area contributed by atoms with Gasteiger partial charge >= 0.3 is 0 Å². The third kappa shape index (κ3) is 7.84. The highest BCUT2D eigenvalue weighted by Crippen LogP contribution is 2.61. The van der Waals surface area contributed by atoms with Crippen LogP contribution < -0.4 is 0 Å². The fourth-order valence-electron chi connectivity index (χ4n) is 9.50. The molecule has 2 bridgehead atoms. The highest BCUT2D eigenvalue weighted by molar-refractivity contribution is 6.37. The average molecular weight is 811 g/mol. The molecule has 5 aromatic carbocycles. The van der Waals surface area contributed by atoms with Gasteiger partial charge in [0.25, 0.3) is 0 Å². The molecule has 61 heavy (non-hydrogen) atoms. The Morgan fingerprint density at radius 2 is 0.803 bits per heavy atom. The van der Waals surface area contributed by atoms with Crippen LogP contribution in [0.3, 0.4) is 0 Å². The first-order valence-corrected chi connectivity index (χ1v) is 22.0. The van der Waals surface area contributed by atoms with Gasteiger partial charge in [0, 0.05) is 24.5 Å². The number of hydrogen-bond acceptors (Lipinski definition) is 3. The molecular formula is C58H66O3. The van der Waals surface area contributed by atoms with E-state index in [1.807, 2.05) is 37.3 Å². The van der Waals surface area contributed by atoms with Crippen LogP contribution >= 0.6 is 0 Å². The molecule has 0 aromatic heterocycles. The first kappa shape index (κ1) is 44.0. The third-order valence-corrected chi connectivity index (χ3v) is 13.4. The molecule has 5 aromatic rings. The van der Waals surface area contributed by atoms with Crippen LogP contribution in [-0.2, 0) is 36.0 Å². The molecular weight excluding hydrogens is 745 g/mol. The molecule has 7 rings (SSSR count). The number of aryl methyl sites for hydroxylation is 1. The Hall–Kier alpha value is -5.12. The number of Topliss-reactive ketones (excluding diaryl/α,β-unsaturated/α-hetero) is 2. The van der Waals surface area contributed by atoms with Crippen molar-refractivity contribution in [3.8, 4) is 0 Å². The second kappa shape index (κ2) is 15.3. The Bertz CT molecular complexity index is 2370. The lowest BCUT2D eigenvalue weighted by Gasteiger charge is -2.42. The summed E-state index contributed by atoms with van der Waals surface area (Å²) in [5.41, 5.74) is 8.40. The number of ether oxygens (including phenoxy) is 1. The van der Waals surface area contributed by atoms with E-state index < -0.39 is 22.9 Å². The summed E-state index contributed by atoms with van der Waals surface area (Å²) in [5, 5.41) is 0. The maximum absolute atomic E-state index is 16.3. The predicted octanol–water partition coefficient (Wildman–Crippen LogP) is 13.7. The molecule has 0 amide bonds. The lowest BCUT2D eigenvalue weighted by atomic mass is 9.59. The lowest BCUT2D eigenvalue weighted by molar-refractivity contribution is -0.145. The molecule has 0 fully saturated rings. The summed E-state index contributed by atoms with van der Waals surface area (Å²) in [7, 11) is 1.63. The van der Waals surface area contributed by atoms with E-state index in [0.717, 1.165) is 39.0 Å². The number of fused-ring (bicyclic) bond motifs is 2. The normalized spacial score (nSPS) is 19.7. The molecule has 3 heteroatoms. The molecule has 0 spiro atoms. The quantitative estimate of drug-likeness (QED) is 0.116. The van der Waals surface area contributed by atoms with E-state index in [9.17, 15) is 0 Å². The zero-order valence-electron chi connectivity index (χ0n) is 39.1. The fraction of sp³-hybridized carbons (Fsp3) is 0.379. The molecule has 0 saturated heterocycles. The first-order valence-electron chi connectivity index (χ1n) is 22.0. The summed E-state index contributed by atoms with van der Waals surface area (Å²) >= 11 is 0. The first-order chi connectivity index (χ1) is 28.4. The van der Waals surface area contributed by atoms with E-state index in [1.54, 1.807) is 7.11 Å². The average Bonchev–Trinajstić information content (AvgIpc) is 3.37. The Morgan fingerprint density at radius 1 is 0.459 bits per heavy atom. The number of methoxy groups -OCH3 is 1. The van der Waals surface area contributed by atoms with Gasteiger partial charge in [-0.1, -0.05) is 216 Å². The van der Waals surface area contributed by atoms with E-state index >= 15 is 9.59 Å². The molecule has 0 radical (unpaired) electrons. The van der Waals surface area contributed by atoms with Crippen LogP contribution in [0.25, 0.3) is 5.57 Å². The van der Waals surface area contributed by atoms with Gasteiger partial charge in [0.05, 0.1) is 0 Å². The van der Waals surface area contributed by atoms with Gasteiger partial charge in [-0.2, -0.15) is 0 Å². The van der Waals surface area contributed by atoms with Gasteiger partial charge in [0.2, 0.25) is 0 Å². The molecule has 0 saturated carbocycles. The smallest absolute Gasteiger partial charge is 0.191 e. The van der Waals surface area contributed by atoms with E-state index in [-0.39, 0.29) is 33.2 Å². The van der Waals surface area contributed by atoms with Gasteiger partial charge in [0.1, 0.15) is 5.41 Å². The van der Waals surface area contributed by atoms with Crippen molar-refractivity contribution in [1.29, 1.82) is 0 Å². The van der Waals surface area contributed by atoms with Crippen LogP contribution in [0.5, 0.6) is 0 Å². The van der Waals surface area contributed by atoms with Crippen molar-refractivity contribution in [1.82, 2.24) is 0 Å². The Morgan fingerprint density at radius 3 is 1.13 bits per heavy atom. The van der Waals surface area contributed by atoms with Gasteiger partial charge in [0.15, 0.2) is 17.2 Å². The second-order valence-electron chi connectivity index (χ2n) is 21.8. The second-order valence-corrected chi connectivity index (χ2v) is 21.8. The standard InChI is InChI=1S/C58H66O3/c1-37-15-17-38(18-16-37)47-35-58(61-14)48(49(39-19-27-43(28-20-39)53(2,3)4)40-21-29-44(30-22-40)54(5,6)7)36-57(51(47)59,52(58)60)50(41-23-31-45(32-24-41)55(8,9)10)42-25-33-46(34-26-42)56(11,12)13/h15-36,49-50H,1-14H3/t57-,58-/m0/s1. The number of rotatable bonds is 8. The Labute approximate surface area is 366 Å². The maximum atomic E-state index is 16.3. The van der Waals surface area contributed by atoms with Crippen molar-refractivity contribution >= 4 is 17.1 Å². The zero-order valence-corrected chi connectivity index (χ0v) is 39.1. The van der Waals surface area contributed by atoms with Gasteiger partial charge in [-0.3, -0.25) is 9.59 Å². The molecule has 316 valence electrons. The molecule has 2 aliphatic carbocycles. The fourth-order valence-corrected chi connectivity index (χ4v) is 9.50. The minimum Gasteiger partial charge on any atom is -0.362 e. The van der Waals surface area contributed by atoms with Gasteiger partial charge in [-0.15, -0.1) is 0 Å². The van der Waals surface area contributed by atoms with E-state index in [4.69, 9.17) is 4.74 Å². The van der Waals surface area contributed by atoms with Crippen LogP contribution in [0.2, 0.25) is 0 Å². The Kier molecular flexibility index (Phi) is 11.1. The van der Waals surface area contributed by atoms with Crippen molar-refractivity contribution in [3.63, 3.8) is 0 Å². The largest absolute Gasteiger partial charge is 0.362 e. The van der Waals surface area contributed by atoms with Gasteiger partial charge in [-0.05, 0) is 90.3 Å². The van der Waals surface area contributed by atoms with Crippen LogP contribution in [-0.4, -0.2) is 24.3 Å². The number of hydrogen-bond donors (Lipinski definition) is 0. The molecule has 0 unspecified atom stereocenters. The summed E-state index contributed by atoms with van der Waals surface area (Å²) in [4.78, 5) is 32.3. The topological polar surface area (TPSA) is 43.4 Å². The van der Waals surface area contributed by atoms with E-state index in [0.29, 0.717) is 5.57 Å². The van der Waals surface area contributed by atoms with Crippen molar-refractivity contribution in [3.05, 3.63) is 195 Å². The van der Waals surface area contributed by atoms with Crippen molar-refractivity contribution in [2.45, 2.75) is 129 Å². The number of allylic oxidation sites excluding steroid dienone is 2. The third-order valence-electron chi connectivity index (χ3n) is 13.4. The van der Waals surface area contributed by atoms with Crippen LogP contribution in [0, 0.1) is 12.3 Å². The monoisotopic (exact) mass is 811 g/mol. The molecule has 0 aliphatic heterocycles. The highest BCUT2D eigenvalue weighted by Gasteiger charge is 2.68. The van der Waals surface area contributed by atoms with E-state index in [1.165, 1.54) is 22.3 Å². The maximum Gasteiger partial charge on any atom is 0.191 e. The molecule has 0 N–H and O–H groups in total. The van der Waals surface area contributed by atoms with E-state index in [2.05, 4.69) is 186 Å². The summed E-state index contributed by atoms with van der Waals surface area (Å²) < 4.78 is 6.73. The summed E-state index contributed by atoms with van der Waals surface area (Å²) in [6.07, 6.45) is 3.90. The SMILES string of the molecule is CO[C@@]12C=C(c3ccc(C)cc3)C(=O)[C@@](C(c3ccc(C(C)(C)C)cc3)c3ccc(C(C)(C)C)cc3)(C=C1C(c1ccc(C(C)(C)C)cc1)c1ccc(C(C)(C)C)cc1)C2=O. The number of carbonyl (C=O) groups excluding carboxylic acids is 2. The van der Waals surface area contributed by atoms with Gasteiger partial charge in [-0.25, -0.2) is 0 Å². The molecule has 0 heterocycles. The summed E-state index contributed by atoms with van der Waals surface area (Å²) in [5.74, 6) is -1.50. The molecule has 2 aliphatic rings. The lowest BCUT2D eigenvalue weighted by Crippen LogP contribution is -2.54. The minimum atomic E-state index is -1.64. The number of ketones is 2. The Balaban J connectivity index is 1.58. The minimum absolute atomic E-state index is 0.0459. The van der Waals surface area contributed by atoms with Crippen molar-refractivity contribution < 1.29 is 14.3 Å². The van der Waals surface area contributed by atoms with Crippen LogP contribution in [0.1, 0.15) is 151 Å². The van der Waals surface area contributed by atoms with Crippen LogP contribution in [0.15, 0.2) is 139 Å². The van der Waals surface area contributed by atoms with Crippen LogP contribution in [0.4, 0.5) is 0 Å². The molecule has 3 nitrogen and oxygen atoms in total. The highest BCUT2D eigenvalue weighted by atomic mass is 16.5.